The molecule has 0 N–H and O–H groups in total. The summed E-state index contributed by atoms with van der Waals surface area (Å²) in [6, 6.07) is 0. The Labute approximate surface area is 140 Å². The van der Waals surface area contributed by atoms with Crippen LogP contribution >= 0.6 is 0 Å². The fourth-order valence-electron chi connectivity index (χ4n) is 0. The van der Waals surface area contributed by atoms with E-state index in [0.717, 1.165) is 0 Å². The van der Waals surface area contributed by atoms with Crippen molar-refractivity contribution in [2.75, 3.05) is 0 Å². The van der Waals surface area contributed by atoms with E-state index in [1.54, 1.807) is 0 Å². The molecule has 0 nitrogen and oxygen atoms in total. The molecule has 0 saturated carbocycles. The average molecular weight is 542 g/mol. The van der Waals surface area contributed by atoms with Crippen LogP contribution in [0.2, 0.25) is 0 Å². The monoisotopic (exact) mass is 538 g/mol. The topological polar surface area (TPSA) is 0 Å². The van der Waals surface area contributed by atoms with Crippen LogP contribution in [0.1, 0.15) is 52.8 Å². The predicted molar refractivity (Wildman–Crippen MR) is 45.1 cm³/mol. The van der Waals surface area contributed by atoms with Gasteiger partial charge in [0, 0.05) is 0 Å². The minimum Gasteiger partial charge on any atom is -0.0776 e. The molecule has 0 heterocycles. The number of hydrogen-bond acceptors (Lipinski definition) is 0. The zero-order chi connectivity index (χ0) is 4.00. The third-order valence-electron chi connectivity index (χ3n) is 0. The standard InChI is InChI=1S/2C2H6.3CH4.4Ag/c2*1-2;;;;;;;/h2*1-2H3;3*1H4;;;;/q;;;;;4*+1/p+2. The predicted octanol–water partition coefficient (Wildman–Crippen LogP) is 4.18. The molecule has 0 radical (unpaired) electrons. The average Bonchev–Trinajstić information content (AvgIpc) is 1.50. The molecule has 0 atom stereocenters. The fourth-order valence-corrected chi connectivity index (χ4v) is 0. The summed E-state index contributed by atoms with van der Waals surface area (Å²) >= 11 is 0. The van der Waals surface area contributed by atoms with Crippen molar-refractivity contribution in [3.8, 4) is 0 Å². The normalized spacial score (nSPS) is 1.09. The van der Waals surface area contributed by atoms with Crippen LogP contribution < -0.4 is 0 Å². The molecule has 0 amide bonds. The minimum atomic E-state index is 0. The SMILES string of the molecule is C.C.C.CC.CC.[Ag+].[Ag+].[Ag+].[Ag+].[H+].[H+]. The van der Waals surface area contributed by atoms with Gasteiger partial charge >= 0.3 is 92.4 Å². The molecule has 0 aromatic rings. The van der Waals surface area contributed by atoms with Gasteiger partial charge in [-0.25, -0.2) is 0 Å². The molecule has 0 aromatic carbocycles. The Balaban J connectivity index is -0.000000000404. The smallest absolute Gasteiger partial charge is 0.0776 e. The van der Waals surface area contributed by atoms with E-state index in [4.69, 9.17) is 0 Å². The molecule has 0 rings (SSSR count). The summed E-state index contributed by atoms with van der Waals surface area (Å²) in [5.74, 6) is 0. The van der Waals surface area contributed by atoms with E-state index in [-0.39, 0.29) is 115 Å². The quantitative estimate of drug-likeness (QED) is 0.404. The molecule has 0 bridgehead atoms. The van der Waals surface area contributed by atoms with Gasteiger partial charge in [-0.3, -0.25) is 0 Å². The Kier molecular flexibility index (Phi) is 1830. The van der Waals surface area contributed by atoms with Crippen molar-refractivity contribution in [1.29, 1.82) is 0 Å². The van der Waals surface area contributed by atoms with Crippen LogP contribution in [-0.4, -0.2) is 0 Å². The second-order valence-electron chi connectivity index (χ2n) is 0. The first-order valence-electron chi connectivity index (χ1n) is 2.00. The maximum absolute atomic E-state index is 2.00. The Morgan fingerprint density at radius 2 is 0.455 bits per heavy atom. The van der Waals surface area contributed by atoms with Gasteiger partial charge in [-0.15, -0.1) is 0 Å². The summed E-state index contributed by atoms with van der Waals surface area (Å²) in [5, 5.41) is 0. The van der Waals surface area contributed by atoms with Gasteiger partial charge in [0.1, 0.15) is 0 Å². The zero-order valence-electron chi connectivity index (χ0n) is 7.21. The summed E-state index contributed by atoms with van der Waals surface area (Å²) in [5.41, 5.74) is 0. The van der Waals surface area contributed by atoms with Gasteiger partial charge in [0.05, 0.1) is 0 Å². The van der Waals surface area contributed by atoms with E-state index in [9.17, 15) is 0 Å². The fraction of sp³-hybridized carbons (Fsp3) is 1.00. The molecule has 0 aliphatic rings. The summed E-state index contributed by atoms with van der Waals surface area (Å²) in [7, 11) is 0. The molecule has 0 fully saturated rings. The maximum atomic E-state index is 2.00. The van der Waals surface area contributed by atoms with Crippen molar-refractivity contribution in [3.63, 3.8) is 0 Å². The summed E-state index contributed by atoms with van der Waals surface area (Å²) in [4.78, 5) is 0. The first kappa shape index (κ1) is 95.3. The van der Waals surface area contributed by atoms with Gasteiger partial charge < -0.3 is 0 Å². The van der Waals surface area contributed by atoms with Crippen LogP contribution in [0.25, 0.3) is 0 Å². The third-order valence-corrected chi connectivity index (χ3v) is 0. The first-order chi connectivity index (χ1) is 2.00. The van der Waals surface area contributed by atoms with Crippen molar-refractivity contribution >= 4 is 0 Å². The molecule has 92 valence electrons. The van der Waals surface area contributed by atoms with E-state index < -0.39 is 0 Å². The van der Waals surface area contributed by atoms with Gasteiger partial charge in [-0.1, -0.05) is 50.0 Å². The van der Waals surface area contributed by atoms with E-state index in [1.807, 2.05) is 27.7 Å². The van der Waals surface area contributed by atoms with Crippen LogP contribution in [0.3, 0.4) is 0 Å². The van der Waals surface area contributed by atoms with Crippen LogP contribution in [-0.2, 0) is 89.5 Å². The van der Waals surface area contributed by atoms with Crippen molar-refractivity contribution in [1.82, 2.24) is 0 Å². The van der Waals surface area contributed by atoms with Gasteiger partial charge in [0.2, 0.25) is 0 Å². The van der Waals surface area contributed by atoms with Gasteiger partial charge in [0.25, 0.3) is 0 Å². The first-order valence-corrected chi connectivity index (χ1v) is 2.00. The van der Waals surface area contributed by atoms with E-state index in [0.29, 0.717) is 0 Å². The largest absolute Gasteiger partial charge is 1.00 e. The summed E-state index contributed by atoms with van der Waals surface area (Å²) in [6.07, 6.45) is 0. The third kappa shape index (κ3) is 178. The second-order valence-corrected chi connectivity index (χ2v) is 0. The number of hydrogen-bond donors (Lipinski definition) is 0. The molecule has 4 heteroatoms. The molecular weight excluding hydrogens is 516 g/mol. The van der Waals surface area contributed by atoms with E-state index in [2.05, 4.69) is 0 Å². The summed E-state index contributed by atoms with van der Waals surface area (Å²) < 4.78 is 0. The molecule has 0 aliphatic carbocycles. The molecule has 0 aromatic heterocycles. The van der Waals surface area contributed by atoms with Crippen LogP contribution in [0, 0.1) is 0 Å². The Hall–Kier alpha value is 2.96. The molecule has 0 aliphatic heterocycles. The van der Waals surface area contributed by atoms with Gasteiger partial charge in [0.15, 0.2) is 0 Å². The van der Waals surface area contributed by atoms with Crippen molar-refractivity contribution < 1.29 is 92.4 Å². The minimum absolute atomic E-state index is 0. The second kappa shape index (κ2) is 211. The van der Waals surface area contributed by atoms with E-state index >= 15 is 0 Å². The Bertz CT molecular complexity index is 18.5. The van der Waals surface area contributed by atoms with Crippen molar-refractivity contribution in [3.05, 3.63) is 0 Å². The van der Waals surface area contributed by atoms with Gasteiger partial charge in [-0.2, -0.15) is 0 Å². The zero-order valence-corrected chi connectivity index (χ0v) is 11.1. The maximum Gasteiger partial charge on any atom is 1.00 e. The van der Waals surface area contributed by atoms with E-state index in [1.165, 1.54) is 0 Å². The number of rotatable bonds is 0. The molecule has 0 saturated heterocycles. The molecule has 11 heavy (non-hydrogen) atoms. The van der Waals surface area contributed by atoms with Crippen molar-refractivity contribution in [2.24, 2.45) is 0 Å². The van der Waals surface area contributed by atoms with Crippen LogP contribution in [0.4, 0.5) is 0 Å². The van der Waals surface area contributed by atoms with Crippen molar-refractivity contribution in [2.45, 2.75) is 50.0 Å². The van der Waals surface area contributed by atoms with Crippen LogP contribution in [0.15, 0.2) is 0 Å². The Morgan fingerprint density at radius 1 is 0.455 bits per heavy atom. The molecule has 0 spiro atoms. The molecular formula is C7H26Ag4+6. The van der Waals surface area contributed by atoms with Gasteiger partial charge in [-0.05, 0) is 0 Å². The molecule has 0 unspecified atom stereocenters. The summed E-state index contributed by atoms with van der Waals surface area (Å²) in [6.45, 7) is 8.00. The van der Waals surface area contributed by atoms with Crippen LogP contribution in [0.5, 0.6) is 0 Å². The Morgan fingerprint density at radius 3 is 0.455 bits per heavy atom.